The summed E-state index contributed by atoms with van der Waals surface area (Å²) in [6.45, 7) is 0.725. The van der Waals surface area contributed by atoms with Crippen LogP contribution in [0, 0.1) is 0 Å². The number of nitrogens with two attached hydrogens (primary N) is 1. The fourth-order valence-corrected chi connectivity index (χ4v) is 5.60. The Morgan fingerprint density at radius 3 is 2.07 bits per heavy atom. The first-order valence-electron chi connectivity index (χ1n) is 8.72. The second-order valence-corrected chi connectivity index (χ2v) is 9.38. The number of carbonyl (C=O) groups excluding carboxylic acids is 1. The molecule has 0 saturated carbocycles. The highest BCUT2D eigenvalue weighted by molar-refractivity contribution is 7.93. The van der Waals surface area contributed by atoms with Gasteiger partial charge in [0.2, 0.25) is 5.91 Å². The minimum atomic E-state index is -4.03. The molecule has 0 radical (unpaired) electrons. The lowest BCUT2D eigenvalue weighted by molar-refractivity contribution is -0.128. The third-order valence-corrected chi connectivity index (χ3v) is 7.78. The molecule has 150 valence electrons. The lowest BCUT2D eigenvalue weighted by Crippen LogP contribution is -2.59. The molecule has 0 bridgehead atoms. The Morgan fingerprint density at radius 1 is 1.07 bits per heavy atom. The number of carbonyl (C=O) groups is 1. The van der Waals surface area contributed by atoms with Gasteiger partial charge in [-0.15, -0.1) is 0 Å². The van der Waals surface area contributed by atoms with Gasteiger partial charge in [0.1, 0.15) is 16.2 Å². The molecule has 1 aliphatic rings. The molecule has 2 aromatic carbocycles. The Bertz CT molecular complexity index is 939. The first-order chi connectivity index (χ1) is 13.3. The smallest absolute Gasteiger partial charge is 0.247 e. The molecule has 1 aliphatic heterocycles. The van der Waals surface area contributed by atoms with Gasteiger partial charge in [-0.05, 0) is 74.5 Å². The molecule has 1 fully saturated rings. The normalized spacial score (nSPS) is 17.6. The summed E-state index contributed by atoms with van der Waals surface area (Å²) in [5.41, 5.74) is 5.24. The number of amides is 1. The van der Waals surface area contributed by atoms with E-state index in [0.29, 0.717) is 29.6 Å². The van der Waals surface area contributed by atoms with Gasteiger partial charge in [-0.2, -0.15) is 0 Å². The van der Waals surface area contributed by atoms with Crippen LogP contribution in [0.5, 0.6) is 11.5 Å². The van der Waals surface area contributed by atoms with E-state index >= 15 is 0 Å². The number of piperidine rings is 1. The van der Waals surface area contributed by atoms with Crippen molar-refractivity contribution in [2.24, 2.45) is 5.73 Å². The number of nitrogens with one attached hydrogen (secondary N) is 1. The van der Waals surface area contributed by atoms with Crippen LogP contribution in [0.1, 0.15) is 12.8 Å². The van der Waals surface area contributed by atoms with Crippen molar-refractivity contribution in [3.8, 4) is 11.5 Å². The summed E-state index contributed by atoms with van der Waals surface area (Å²) in [6, 6.07) is 12.6. The van der Waals surface area contributed by atoms with E-state index in [1.54, 1.807) is 24.3 Å². The van der Waals surface area contributed by atoms with Crippen LogP contribution in [0.4, 0.5) is 0 Å². The predicted molar refractivity (Wildman–Crippen MR) is 105 cm³/mol. The highest BCUT2D eigenvalue weighted by Gasteiger charge is 2.53. The number of ether oxygens (including phenoxy) is 1. The van der Waals surface area contributed by atoms with Gasteiger partial charge in [-0.25, -0.2) is 8.42 Å². The van der Waals surface area contributed by atoms with Crippen LogP contribution in [0.25, 0.3) is 0 Å². The minimum Gasteiger partial charge on any atom is -0.457 e. The summed E-state index contributed by atoms with van der Waals surface area (Å²) in [5.74, 6) is -0.0526. The maximum absolute atomic E-state index is 13.3. The van der Waals surface area contributed by atoms with Crippen LogP contribution in [-0.4, -0.2) is 43.4 Å². The molecular weight excluding hydrogens is 404 g/mol. The molecule has 2 aromatic rings. The molecule has 0 aromatic heterocycles. The Kier molecular flexibility index (Phi) is 5.95. The second kappa shape index (κ2) is 8.08. The van der Waals surface area contributed by atoms with Crippen molar-refractivity contribution in [2.45, 2.75) is 28.6 Å². The van der Waals surface area contributed by atoms with Crippen LogP contribution in [0.2, 0.25) is 5.02 Å². The van der Waals surface area contributed by atoms with Crippen molar-refractivity contribution in [1.82, 2.24) is 5.32 Å². The minimum absolute atomic E-state index is 0.00171. The number of aliphatic hydroxyl groups excluding tert-OH is 1. The van der Waals surface area contributed by atoms with E-state index in [4.69, 9.17) is 22.1 Å². The van der Waals surface area contributed by atoms with Crippen LogP contribution in [-0.2, 0) is 14.6 Å². The van der Waals surface area contributed by atoms with Crippen LogP contribution in [0.3, 0.4) is 0 Å². The van der Waals surface area contributed by atoms with Gasteiger partial charge in [0.25, 0.3) is 0 Å². The van der Waals surface area contributed by atoms with E-state index in [1.165, 1.54) is 24.3 Å². The fraction of sp³-hybridized carbons (Fsp3) is 0.316. The standard InChI is InChI=1S/C19H21ClN2O5S/c20-13-1-3-14(4-2-13)27-15-5-7-16(8-6-15)28(25,26)19(17(23)18(21)24)9-11-22-12-10-19/h1-8,17,22-23H,9-12H2,(H2,21,24). The van der Waals surface area contributed by atoms with Crippen LogP contribution >= 0.6 is 11.6 Å². The largest absolute Gasteiger partial charge is 0.457 e. The van der Waals surface area contributed by atoms with Gasteiger partial charge in [0.05, 0.1) is 4.90 Å². The quantitative estimate of drug-likeness (QED) is 0.651. The molecule has 1 amide bonds. The monoisotopic (exact) mass is 424 g/mol. The number of benzene rings is 2. The first kappa shape index (κ1) is 20.6. The molecule has 4 N–H and O–H groups in total. The van der Waals surface area contributed by atoms with Gasteiger partial charge in [-0.3, -0.25) is 4.79 Å². The van der Waals surface area contributed by atoms with Gasteiger partial charge >= 0.3 is 0 Å². The summed E-state index contributed by atoms with van der Waals surface area (Å²) in [4.78, 5) is 11.6. The summed E-state index contributed by atoms with van der Waals surface area (Å²) in [7, 11) is -4.03. The third kappa shape index (κ3) is 3.86. The van der Waals surface area contributed by atoms with E-state index in [-0.39, 0.29) is 17.7 Å². The number of aliphatic hydroxyl groups is 1. The highest BCUT2D eigenvalue weighted by atomic mass is 35.5. The Morgan fingerprint density at radius 2 is 1.57 bits per heavy atom. The maximum atomic E-state index is 13.3. The molecule has 0 spiro atoms. The lowest BCUT2D eigenvalue weighted by Gasteiger charge is -2.39. The Labute approximate surface area is 168 Å². The average Bonchev–Trinajstić information content (AvgIpc) is 2.70. The number of rotatable bonds is 6. The number of halogens is 1. The molecule has 1 unspecified atom stereocenters. The summed E-state index contributed by atoms with van der Waals surface area (Å²) in [5, 5.41) is 14.0. The number of hydrogen-bond donors (Lipinski definition) is 3. The summed E-state index contributed by atoms with van der Waals surface area (Å²) < 4.78 is 30.6. The Balaban J connectivity index is 1.89. The molecular formula is C19H21ClN2O5S. The van der Waals surface area contributed by atoms with Gasteiger partial charge in [0.15, 0.2) is 15.9 Å². The van der Waals surface area contributed by atoms with Crippen molar-refractivity contribution in [1.29, 1.82) is 0 Å². The molecule has 1 heterocycles. The number of hydrogen-bond acceptors (Lipinski definition) is 6. The van der Waals surface area contributed by atoms with E-state index in [9.17, 15) is 18.3 Å². The number of primary amides is 1. The highest BCUT2D eigenvalue weighted by Crippen LogP contribution is 2.37. The van der Waals surface area contributed by atoms with E-state index in [2.05, 4.69) is 5.32 Å². The molecule has 3 rings (SSSR count). The first-order valence-corrected chi connectivity index (χ1v) is 10.6. The van der Waals surface area contributed by atoms with Crippen molar-refractivity contribution in [2.75, 3.05) is 13.1 Å². The van der Waals surface area contributed by atoms with Crippen molar-refractivity contribution in [3.05, 3.63) is 53.6 Å². The maximum Gasteiger partial charge on any atom is 0.247 e. The van der Waals surface area contributed by atoms with Crippen LogP contribution in [0.15, 0.2) is 53.4 Å². The summed E-state index contributed by atoms with van der Waals surface area (Å²) in [6.07, 6.45) is -1.62. The number of sulfone groups is 1. The lowest BCUT2D eigenvalue weighted by atomic mass is 9.90. The Hall–Kier alpha value is -2.13. The molecule has 7 nitrogen and oxygen atoms in total. The third-order valence-electron chi connectivity index (χ3n) is 4.94. The van der Waals surface area contributed by atoms with E-state index in [0.717, 1.165) is 0 Å². The molecule has 28 heavy (non-hydrogen) atoms. The van der Waals surface area contributed by atoms with Crippen molar-refractivity contribution in [3.63, 3.8) is 0 Å². The van der Waals surface area contributed by atoms with Crippen molar-refractivity contribution < 1.29 is 23.1 Å². The zero-order valence-electron chi connectivity index (χ0n) is 15.0. The van der Waals surface area contributed by atoms with Gasteiger partial charge in [-0.1, -0.05) is 11.6 Å². The van der Waals surface area contributed by atoms with Crippen LogP contribution < -0.4 is 15.8 Å². The SMILES string of the molecule is NC(=O)C(O)C1(S(=O)(=O)c2ccc(Oc3ccc(Cl)cc3)cc2)CCNCC1. The zero-order valence-corrected chi connectivity index (χ0v) is 16.5. The van der Waals surface area contributed by atoms with Gasteiger partial charge in [0, 0.05) is 5.02 Å². The average molecular weight is 425 g/mol. The van der Waals surface area contributed by atoms with E-state index < -0.39 is 26.6 Å². The molecule has 1 saturated heterocycles. The summed E-state index contributed by atoms with van der Waals surface area (Å²) >= 11 is 5.84. The fourth-order valence-electron chi connectivity index (χ4n) is 3.36. The van der Waals surface area contributed by atoms with Gasteiger partial charge < -0.3 is 20.9 Å². The second-order valence-electron chi connectivity index (χ2n) is 6.65. The van der Waals surface area contributed by atoms with E-state index in [1.807, 2.05) is 0 Å². The molecule has 0 aliphatic carbocycles. The topological polar surface area (TPSA) is 119 Å². The molecule has 1 atom stereocenters. The van der Waals surface area contributed by atoms with Crippen molar-refractivity contribution >= 4 is 27.3 Å². The zero-order chi connectivity index (χ0) is 20.4. The predicted octanol–water partition coefficient (Wildman–Crippen LogP) is 1.87. The molecule has 9 heteroatoms.